The molecule has 3 heterocycles. The SMILES string of the molecule is CCc1sc(-c2ccc(OC)c(OCCN3CCCCC3)c2)nc1[C@H](C)Sc1nc(C)cc(N)n1. The van der Waals surface area contributed by atoms with Crippen LogP contribution < -0.4 is 15.2 Å². The molecule has 1 atom stereocenters. The van der Waals surface area contributed by atoms with Crippen LogP contribution in [0.5, 0.6) is 11.5 Å². The number of thioether (sulfide) groups is 1. The monoisotopic (exact) mass is 513 g/mol. The van der Waals surface area contributed by atoms with Crippen molar-refractivity contribution in [1.29, 1.82) is 0 Å². The van der Waals surface area contributed by atoms with E-state index in [2.05, 4.69) is 40.8 Å². The number of nitrogens with two attached hydrogens (primary N) is 1. The molecular weight excluding hydrogens is 478 g/mol. The lowest BCUT2D eigenvalue weighted by Crippen LogP contribution is -2.33. The van der Waals surface area contributed by atoms with Crippen molar-refractivity contribution in [3.63, 3.8) is 0 Å². The van der Waals surface area contributed by atoms with Crippen molar-refractivity contribution in [2.45, 2.75) is 56.9 Å². The highest BCUT2D eigenvalue weighted by Gasteiger charge is 2.20. The summed E-state index contributed by atoms with van der Waals surface area (Å²) >= 11 is 3.32. The zero-order valence-electron chi connectivity index (χ0n) is 21.0. The lowest BCUT2D eigenvalue weighted by atomic mass is 10.1. The van der Waals surface area contributed by atoms with E-state index >= 15 is 0 Å². The van der Waals surface area contributed by atoms with Gasteiger partial charge in [0.1, 0.15) is 17.4 Å². The van der Waals surface area contributed by atoms with Gasteiger partial charge >= 0.3 is 0 Å². The Morgan fingerprint density at radius 1 is 1.11 bits per heavy atom. The standard InChI is InChI=1S/C26H35N5O2S2/c1-5-22-24(18(3)34-26-28-17(2)15-23(27)29-26)30-25(35-22)19-9-10-20(32-4)21(16-19)33-14-13-31-11-7-6-8-12-31/h9-10,15-16,18H,5-8,11-14H2,1-4H3,(H2,27,28,29)/t18-/m0/s1. The predicted molar refractivity (Wildman–Crippen MR) is 145 cm³/mol. The number of thiazole rings is 1. The summed E-state index contributed by atoms with van der Waals surface area (Å²) in [6.45, 7) is 10.2. The highest BCUT2D eigenvalue weighted by Crippen LogP contribution is 2.41. The molecule has 2 N–H and O–H groups in total. The van der Waals surface area contributed by atoms with Crippen LogP contribution in [0.4, 0.5) is 5.82 Å². The number of piperidine rings is 1. The maximum Gasteiger partial charge on any atom is 0.190 e. The van der Waals surface area contributed by atoms with Gasteiger partial charge in [0.25, 0.3) is 0 Å². The molecule has 0 unspecified atom stereocenters. The summed E-state index contributed by atoms with van der Waals surface area (Å²) in [4.78, 5) is 17.7. The third kappa shape index (κ3) is 6.65. The molecule has 0 aliphatic carbocycles. The molecule has 1 fully saturated rings. The van der Waals surface area contributed by atoms with Crippen molar-refractivity contribution >= 4 is 28.9 Å². The van der Waals surface area contributed by atoms with Crippen molar-refractivity contribution in [3.8, 4) is 22.1 Å². The second-order valence-corrected chi connectivity index (χ2v) is 11.2. The van der Waals surface area contributed by atoms with Gasteiger partial charge in [0, 0.05) is 28.7 Å². The van der Waals surface area contributed by atoms with Crippen LogP contribution in [0.3, 0.4) is 0 Å². The Kier molecular flexibility index (Phi) is 8.86. The lowest BCUT2D eigenvalue weighted by Gasteiger charge is -2.26. The maximum atomic E-state index is 6.18. The molecule has 0 saturated carbocycles. The number of rotatable bonds is 10. The van der Waals surface area contributed by atoms with Gasteiger partial charge in [-0.3, -0.25) is 4.90 Å². The Balaban J connectivity index is 1.51. The molecule has 1 saturated heterocycles. The van der Waals surface area contributed by atoms with Gasteiger partial charge in [-0.05, 0) is 64.4 Å². The van der Waals surface area contributed by atoms with Crippen LogP contribution in [-0.4, -0.2) is 53.2 Å². The molecule has 1 aromatic carbocycles. The lowest BCUT2D eigenvalue weighted by molar-refractivity contribution is 0.180. The number of anilines is 1. The smallest absolute Gasteiger partial charge is 0.190 e. The van der Waals surface area contributed by atoms with E-state index in [-0.39, 0.29) is 5.25 Å². The van der Waals surface area contributed by atoms with Crippen LogP contribution >= 0.6 is 23.1 Å². The third-order valence-electron chi connectivity index (χ3n) is 6.09. The highest BCUT2D eigenvalue weighted by molar-refractivity contribution is 7.99. The number of nitrogen functional groups attached to an aromatic ring is 1. The van der Waals surface area contributed by atoms with E-state index in [1.54, 1.807) is 36.3 Å². The number of benzene rings is 1. The average molecular weight is 514 g/mol. The van der Waals surface area contributed by atoms with Crippen LogP contribution in [0.15, 0.2) is 29.4 Å². The van der Waals surface area contributed by atoms with E-state index in [0.717, 1.165) is 46.4 Å². The van der Waals surface area contributed by atoms with Gasteiger partial charge in [-0.25, -0.2) is 15.0 Å². The molecule has 3 aromatic rings. The minimum absolute atomic E-state index is 0.106. The second-order valence-electron chi connectivity index (χ2n) is 8.77. The van der Waals surface area contributed by atoms with Gasteiger partial charge in [-0.15, -0.1) is 11.3 Å². The van der Waals surface area contributed by atoms with Crippen molar-refractivity contribution < 1.29 is 9.47 Å². The number of aromatic nitrogens is 3. The average Bonchev–Trinajstić information content (AvgIpc) is 3.29. The summed E-state index contributed by atoms with van der Waals surface area (Å²) in [6.07, 6.45) is 4.83. The molecule has 1 aliphatic rings. The van der Waals surface area contributed by atoms with Crippen LogP contribution in [-0.2, 0) is 6.42 Å². The Morgan fingerprint density at radius 2 is 1.91 bits per heavy atom. The number of nitrogens with zero attached hydrogens (tertiary/aromatic N) is 4. The fraction of sp³-hybridized carbons (Fsp3) is 0.500. The molecular formula is C26H35N5O2S2. The van der Waals surface area contributed by atoms with E-state index in [0.29, 0.717) is 17.6 Å². The minimum Gasteiger partial charge on any atom is -0.493 e. The van der Waals surface area contributed by atoms with E-state index in [1.165, 1.54) is 37.2 Å². The van der Waals surface area contributed by atoms with Gasteiger partial charge < -0.3 is 15.2 Å². The summed E-state index contributed by atoms with van der Waals surface area (Å²) < 4.78 is 11.8. The first kappa shape index (κ1) is 25.7. The molecule has 35 heavy (non-hydrogen) atoms. The second kappa shape index (κ2) is 12.1. The van der Waals surface area contributed by atoms with Gasteiger partial charge in [-0.2, -0.15) is 0 Å². The minimum atomic E-state index is 0.106. The van der Waals surface area contributed by atoms with Crippen molar-refractivity contribution in [2.24, 2.45) is 0 Å². The number of hydrogen-bond acceptors (Lipinski definition) is 9. The Bertz CT molecular complexity index is 1110. The maximum absolute atomic E-state index is 6.18. The number of ether oxygens (including phenoxy) is 2. The largest absolute Gasteiger partial charge is 0.493 e. The number of hydrogen-bond donors (Lipinski definition) is 1. The van der Waals surface area contributed by atoms with Crippen molar-refractivity contribution in [3.05, 3.63) is 40.5 Å². The summed E-state index contributed by atoms with van der Waals surface area (Å²) in [5.41, 5.74) is 8.90. The normalized spacial score (nSPS) is 15.2. The first-order valence-electron chi connectivity index (χ1n) is 12.3. The fourth-order valence-electron chi connectivity index (χ4n) is 4.28. The van der Waals surface area contributed by atoms with Crippen LogP contribution in [0.25, 0.3) is 10.6 Å². The molecule has 0 amide bonds. The number of aryl methyl sites for hydroxylation is 2. The van der Waals surface area contributed by atoms with Crippen LogP contribution in [0.2, 0.25) is 0 Å². The van der Waals surface area contributed by atoms with Gasteiger partial charge in [0.15, 0.2) is 16.7 Å². The molecule has 7 nitrogen and oxygen atoms in total. The zero-order chi connectivity index (χ0) is 24.8. The van der Waals surface area contributed by atoms with E-state index in [4.69, 9.17) is 20.2 Å². The Morgan fingerprint density at radius 3 is 2.63 bits per heavy atom. The van der Waals surface area contributed by atoms with E-state index < -0.39 is 0 Å². The van der Waals surface area contributed by atoms with E-state index in [1.807, 2.05) is 13.0 Å². The molecule has 0 bridgehead atoms. The molecule has 2 aromatic heterocycles. The Labute approximate surface area is 216 Å². The summed E-state index contributed by atoms with van der Waals surface area (Å²) in [6, 6.07) is 7.86. The molecule has 9 heteroatoms. The van der Waals surface area contributed by atoms with Crippen molar-refractivity contribution in [1.82, 2.24) is 19.9 Å². The predicted octanol–water partition coefficient (Wildman–Crippen LogP) is 5.78. The summed E-state index contributed by atoms with van der Waals surface area (Å²) in [5, 5.41) is 1.77. The zero-order valence-corrected chi connectivity index (χ0v) is 22.7. The highest BCUT2D eigenvalue weighted by atomic mass is 32.2. The first-order valence-corrected chi connectivity index (χ1v) is 14.0. The third-order valence-corrected chi connectivity index (χ3v) is 8.33. The topological polar surface area (TPSA) is 86.4 Å². The molecule has 4 rings (SSSR count). The van der Waals surface area contributed by atoms with Crippen molar-refractivity contribution in [2.75, 3.05) is 39.1 Å². The summed E-state index contributed by atoms with van der Waals surface area (Å²) in [7, 11) is 1.68. The van der Waals surface area contributed by atoms with E-state index in [9.17, 15) is 0 Å². The Hall–Kier alpha value is -2.36. The molecule has 1 aliphatic heterocycles. The quantitative estimate of drug-likeness (QED) is 0.270. The van der Waals surface area contributed by atoms with Crippen LogP contribution in [0, 0.1) is 6.92 Å². The first-order chi connectivity index (χ1) is 17.0. The molecule has 0 radical (unpaired) electrons. The van der Waals surface area contributed by atoms with Gasteiger partial charge in [0.05, 0.1) is 18.1 Å². The molecule has 0 spiro atoms. The van der Waals surface area contributed by atoms with Gasteiger partial charge in [-0.1, -0.05) is 25.1 Å². The van der Waals surface area contributed by atoms with Crippen LogP contribution in [0.1, 0.15) is 54.6 Å². The van der Waals surface area contributed by atoms with Gasteiger partial charge in [0.2, 0.25) is 0 Å². The fourth-order valence-corrected chi connectivity index (χ4v) is 6.43. The number of likely N-dealkylation sites (tertiary alicyclic amines) is 1. The molecule has 188 valence electrons. The summed E-state index contributed by atoms with van der Waals surface area (Å²) in [5.74, 6) is 2.01. The number of methoxy groups -OCH3 is 1.